The van der Waals surface area contributed by atoms with Gasteiger partial charge in [-0.05, 0) is 50.8 Å². The summed E-state index contributed by atoms with van der Waals surface area (Å²) in [6.45, 7) is 0. The Kier molecular flexibility index (Phi) is 5.51. The van der Waals surface area contributed by atoms with Crippen LogP contribution >= 0.6 is 43.2 Å². The second-order valence-electron chi connectivity index (χ2n) is 5.21. The maximum absolute atomic E-state index is 12.6. The molecule has 21 heavy (non-hydrogen) atoms. The molecule has 0 aromatic carbocycles. The van der Waals surface area contributed by atoms with Crippen molar-refractivity contribution < 1.29 is 18.3 Å². The van der Waals surface area contributed by atoms with Crippen LogP contribution in [0.25, 0.3) is 0 Å². The minimum Gasteiger partial charge on any atom is -0.481 e. The normalized spacial score (nSPS) is 18.6. The van der Waals surface area contributed by atoms with Gasteiger partial charge in [0.05, 0.1) is 14.0 Å². The Hall–Kier alpha value is 0.0400. The molecule has 0 atom stereocenters. The molecule has 0 bridgehead atoms. The fourth-order valence-corrected chi connectivity index (χ4v) is 7.95. The molecule has 1 aromatic rings. The molecule has 0 unspecified atom stereocenters. The average molecular weight is 461 g/mol. The van der Waals surface area contributed by atoms with Crippen LogP contribution in [0.5, 0.6) is 0 Å². The summed E-state index contributed by atoms with van der Waals surface area (Å²) in [5, 5.41) is 9.11. The van der Waals surface area contributed by atoms with Crippen LogP contribution in [0.1, 0.15) is 38.5 Å². The second kappa shape index (κ2) is 6.66. The Balaban J connectivity index is 2.31. The van der Waals surface area contributed by atoms with Crippen molar-refractivity contribution in [2.24, 2.45) is 0 Å². The molecule has 0 amide bonds. The molecule has 1 aromatic heterocycles. The zero-order valence-corrected chi connectivity index (χ0v) is 15.9. The largest absolute Gasteiger partial charge is 0.481 e. The lowest BCUT2D eigenvalue weighted by molar-refractivity contribution is -0.138. The van der Waals surface area contributed by atoms with E-state index in [2.05, 4.69) is 36.6 Å². The molecule has 0 aliphatic heterocycles. The van der Waals surface area contributed by atoms with Gasteiger partial charge in [-0.3, -0.25) is 4.79 Å². The Morgan fingerprint density at radius 2 is 1.95 bits per heavy atom. The molecule has 1 saturated carbocycles. The van der Waals surface area contributed by atoms with Crippen LogP contribution in [0.4, 0.5) is 0 Å². The second-order valence-corrected chi connectivity index (χ2v) is 10.6. The van der Waals surface area contributed by atoms with Gasteiger partial charge < -0.3 is 5.11 Å². The van der Waals surface area contributed by atoms with E-state index in [0.29, 0.717) is 20.4 Å². The van der Waals surface area contributed by atoms with Crippen molar-refractivity contribution in [1.82, 2.24) is 4.72 Å². The van der Waals surface area contributed by atoms with E-state index in [-0.39, 0.29) is 11.3 Å². The number of hydrogen-bond acceptors (Lipinski definition) is 4. The van der Waals surface area contributed by atoms with Crippen molar-refractivity contribution >= 4 is 59.2 Å². The summed E-state index contributed by atoms with van der Waals surface area (Å²) in [5.41, 5.74) is -0.878. The molecule has 0 saturated heterocycles. The highest BCUT2D eigenvalue weighted by atomic mass is 79.9. The fourth-order valence-electron chi connectivity index (χ4n) is 2.68. The molecule has 1 aliphatic rings. The number of rotatable bonds is 5. The van der Waals surface area contributed by atoms with Crippen LogP contribution in [-0.4, -0.2) is 25.0 Å². The molecule has 1 fully saturated rings. The van der Waals surface area contributed by atoms with E-state index in [1.54, 1.807) is 0 Å². The molecule has 1 aliphatic carbocycles. The lowest BCUT2D eigenvalue weighted by Gasteiger charge is -2.36. The molecule has 5 nitrogen and oxygen atoms in total. The SMILES string of the molecule is O=C(O)CC1(NS(=O)(=O)c2cc(Br)sc2Br)CCCCC1. The highest BCUT2D eigenvalue weighted by molar-refractivity contribution is 9.12. The highest BCUT2D eigenvalue weighted by Crippen LogP contribution is 2.37. The standard InChI is InChI=1S/C12H15Br2NO4S2/c13-9-6-8(11(14)20-9)21(18,19)15-12(7-10(16)17)4-2-1-3-5-12/h6,15H,1-5,7H2,(H,16,17). The molecular weight excluding hydrogens is 446 g/mol. The van der Waals surface area contributed by atoms with Gasteiger partial charge in [-0.25, -0.2) is 13.1 Å². The Bertz CT molecular complexity index is 636. The van der Waals surface area contributed by atoms with E-state index < -0.39 is 21.5 Å². The Morgan fingerprint density at radius 3 is 2.43 bits per heavy atom. The fraction of sp³-hybridized carbons (Fsp3) is 0.583. The van der Waals surface area contributed by atoms with Crippen molar-refractivity contribution in [1.29, 1.82) is 0 Å². The Morgan fingerprint density at radius 1 is 1.33 bits per heavy atom. The number of halogens is 2. The summed E-state index contributed by atoms with van der Waals surface area (Å²) < 4.78 is 29.0. The third-order valence-electron chi connectivity index (χ3n) is 3.57. The maximum Gasteiger partial charge on any atom is 0.305 e. The van der Waals surface area contributed by atoms with Gasteiger partial charge in [-0.1, -0.05) is 19.3 Å². The zero-order chi connectivity index (χ0) is 15.7. The molecule has 0 spiro atoms. The smallest absolute Gasteiger partial charge is 0.305 e. The van der Waals surface area contributed by atoms with Crippen molar-refractivity contribution in [2.45, 2.75) is 49.0 Å². The van der Waals surface area contributed by atoms with Gasteiger partial charge in [0.15, 0.2) is 0 Å². The first-order valence-electron chi connectivity index (χ1n) is 6.45. The number of thiophene rings is 1. The lowest BCUT2D eigenvalue weighted by Crippen LogP contribution is -2.50. The quantitative estimate of drug-likeness (QED) is 0.701. The van der Waals surface area contributed by atoms with Crippen LogP contribution in [0.3, 0.4) is 0 Å². The van der Waals surface area contributed by atoms with Crippen LogP contribution in [0, 0.1) is 0 Å². The first-order chi connectivity index (χ1) is 9.74. The maximum atomic E-state index is 12.6. The summed E-state index contributed by atoms with van der Waals surface area (Å²) in [4.78, 5) is 11.3. The summed E-state index contributed by atoms with van der Waals surface area (Å²) in [5.74, 6) is -0.981. The van der Waals surface area contributed by atoms with Gasteiger partial charge in [0, 0.05) is 5.54 Å². The molecule has 2 N–H and O–H groups in total. The average Bonchev–Trinajstić information content (AvgIpc) is 2.68. The molecule has 9 heteroatoms. The molecule has 1 heterocycles. The molecular formula is C12H15Br2NO4S2. The van der Waals surface area contributed by atoms with Crippen molar-refractivity contribution in [3.63, 3.8) is 0 Å². The van der Waals surface area contributed by atoms with E-state index in [4.69, 9.17) is 5.11 Å². The topological polar surface area (TPSA) is 83.5 Å². The predicted octanol–water partition coefficient (Wildman–Crippen LogP) is 3.73. The van der Waals surface area contributed by atoms with Crippen molar-refractivity contribution in [2.75, 3.05) is 0 Å². The van der Waals surface area contributed by atoms with Gasteiger partial charge >= 0.3 is 5.97 Å². The third kappa shape index (κ3) is 4.28. The molecule has 2 rings (SSSR count). The van der Waals surface area contributed by atoms with E-state index >= 15 is 0 Å². The van der Waals surface area contributed by atoms with E-state index in [0.717, 1.165) is 19.3 Å². The van der Waals surface area contributed by atoms with Crippen LogP contribution in [0.15, 0.2) is 18.5 Å². The van der Waals surface area contributed by atoms with Crippen LogP contribution in [0.2, 0.25) is 0 Å². The van der Waals surface area contributed by atoms with E-state index in [1.165, 1.54) is 17.4 Å². The molecule has 0 radical (unpaired) electrons. The number of sulfonamides is 1. The summed E-state index contributed by atoms with van der Waals surface area (Å²) in [7, 11) is -3.75. The summed E-state index contributed by atoms with van der Waals surface area (Å²) >= 11 is 7.76. The van der Waals surface area contributed by atoms with Crippen molar-refractivity contribution in [3.8, 4) is 0 Å². The van der Waals surface area contributed by atoms with Gasteiger partial charge in [0.1, 0.15) is 4.90 Å². The van der Waals surface area contributed by atoms with Crippen molar-refractivity contribution in [3.05, 3.63) is 13.6 Å². The number of carbonyl (C=O) groups is 1. The third-order valence-corrected chi connectivity index (χ3v) is 7.90. The van der Waals surface area contributed by atoms with E-state index in [1.807, 2.05) is 0 Å². The highest BCUT2D eigenvalue weighted by Gasteiger charge is 2.39. The first-order valence-corrected chi connectivity index (χ1v) is 10.3. The number of carboxylic acids is 1. The summed E-state index contributed by atoms with van der Waals surface area (Å²) in [6, 6.07) is 1.52. The lowest BCUT2D eigenvalue weighted by atomic mass is 9.80. The number of aliphatic carboxylic acids is 1. The van der Waals surface area contributed by atoms with Crippen LogP contribution < -0.4 is 4.72 Å². The number of carboxylic acid groups (broad SMARTS) is 1. The Labute approximate surface area is 144 Å². The zero-order valence-electron chi connectivity index (χ0n) is 11.1. The van der Waals surface area contributed by atoms with Gasteiger partial charge in [0.25, 0.3) is 0 Å². The monoisotopic (exact) mass is 459 g/mol. The van der Waals surface area contributed by atoms with Gasteiger partial charge in [0.2, 0.25) is 10.0 Å². The predicted molar refractivity (Wildman–Crippen MR) is 88.1 cm³/mol. The summed E-state index contributed by atoms with van der Waals surface area (Å²) in [6.07, 6.45) is 3.61. The van der Waals surface area contributed by atoms with Crippen LogP contribution in [-0.2, 0) is 14.8 Å². The van der Waals surface area contributed by atoms with E-state index in [9.17, 15) is 13.2 Å². The van der Waals surface area contributed by atoms with Gasteiger partial charge in [-0.15, -0.1) is 11.3 Å². The minimum absolute atomic E-state index is 0.148. The van der Waals surface area contributed by atoms with Gasteiger partial charge in [-0.2, -0.15) is 0 Å². The first kappa shape index (κ1) is 17.4. The number of hydrogen-bond donors (Lipinski definition) is 2. The molecule has 118 valence electrons. The minimum atomic E-state index is -3.75. The number of nitrogens with one attached hydrogen (secondary N) is 1.